The normalized spacial score (nSPS) is 12.0. The van der Waals surface area contributed by atoms with Gasteiger partial charge in [0.15, 0.2) is 5.82 Å². The van der Waals surface area contributed by atoms with Crippen LogP contribution in [0.4, 0.5) is 24.7 Å². The van der Waals surface area contributed by atoms with Crippen molar-refractivity contribution in [2.75, 3.05) is 5.32 Å². The van der Waals surface area contributed by atoms with E-state index in [0.717, 1.165) is 34.6 Å². The number of nitrogens with zero attached hydrogens (tertiary/aromatic N) is 4. The molecule has 0 unspecified atom stereocenters. The number of benzene rings is 1. The third-order valence-corrected chi connectivity index (χ3v) is 3.85. The summed E-state index contributed by atoms with van der Waals surface area (Å²) in [7, 11) is 0. The Morgan fingerprint density at radius 3 is 2.48 bits per heavy atom. The molecular formula is C17H12F3N5. The molecule has 4 aromatic rings. The van der Waals surface area contributed by atoms with Gasteiger partial charge in [-0.05, 0) is 31.2 Å². The molecule has 0 saturated carbocycles. The molecule has 25 heavy (non-hydrogen) atoms. The van der Waals surface area contributed by atoms with Crippen molar-refractivity contribution >= 4 is 28.1 Å². The number of rotatable bonds is 2. The highest BCUT2D eigenvalue weighted by molar-refractivity contribution is 5.86. The zero-order chi connectivity index (χ0) is 17.6. The van der Waals surface area contributed by atoms with E-state index in [2.05, 4.69) is 20.3 Å². The summed E-state index contributed by atoms with van der Waals surface area (Å²) in [5, 5.41) is 3.03. The molecular weight excluding hydrogens is 331 g/mol. The number of hydrogen-bond donors (Lipinski definition) is 1. The van der Waals surface area contributed by atoms with Gasteiger partial charge in [0.1, 0.15) is 17.0 Å². The Labute approximate surface area is 140 Å². The highest BCUT2D eigenvalue weighted by Gasteiger charge is 2.32. The summed E-state index contributed by atoms with van der Waals surface area (Å²) in [5.41, 5.74) is 1.87. The largest absolute Gasteiger partial charge is 0.433 e. The standard InChI is InChI=1S/C17H12F3N5/c1-10-21-9-14-16(24-12-4-2-3-5-13(12)25(10)14)23-11-6-7-15(22-8-11)17(18,19)20/h2-9H,1H3,(H,23,24). The third kappa shape index (κ3) is 2.65. The molecule has 0 bridgehead atoms. The van der Waals surface area contributed by atoms with Crippen LogP contribution in [0.15, 0.2) is 48.8 Å². The predicted molar refractivity (Wildman–Crippen MR) is 87.8 cm³/mol. The Morgan fingerprint density at radius 1 is 0.960 bits per heavy atom. The van der Waals surface area contributed by atoms with Gasteiger partial charge >= 0.3 is 6.18 Å². The second-order valence-electron chi connectivity index (χ2n) is 5.53. The van der Waals surface area contributed by atoms with Gasteiger partial charge in [0.05, 0.1) is 29.1 Å². The molecule has 0 fully saturated rings. The summed E-state index contributed by atoms with van der Waals surface area (Å²) in [6.07, 6.45) is -1.65. The second-order valence-corrected chi connectivity index (χ2v) is 5.53. The van der Waals surface area contributed by atoms with Crippen molar-refractivity contribution < 1.29 is 13.2 Å². The summed E-state index contributed by atoms with van der Waals surface area (Å²) >= 11 is 0. The van der Waals surface area contributed by atoms with E-state index < -0.39 is 11.9 Å². The Morgan fingerprint density at radius 2 is 1.76 bits per heavy atom. The molecule has 126 valence electrons. The molecule has 5 nitrogen and oxygen atoms in total. The first kappa shape index (κ1) is 15.4. The molecule has 1 N–H and O–H groups in total. The highest BCUT2D eigenvalue weighted by Crippen LogP contribution is 2.29. The fourth-order valence-corrected chi connectivity index (χ4v) is 2.71. The van der Waals surface area contributed by atoms with Crippen molar-refractivity contribution in [1.29, 1.82) is 0 Å². The van der Waals surface area contributed by atoms with E-state index in [1.165, 1.54) is 6.07 Å². The number of aromatic nitrogens is 4. The number of para-hydroxylation sites is 2. The first-order chi connectivity index (χ1) is 11.9. The number of aryl methyl sites for hydroxylation is 1. The van der Waals surface area contributed by atoms with Crippen LogP contribution in [0.3, 0.4) is 0 Å². The van der Waals surface area contributed by atoms with Gasteiger partial charge in [-0.3, -0.25) is 4.40 Å². The Kier molecular flexibility index (Phi) is 3.34. The number of alkyl halides is 3. The lowest BCUT2D eigenvalue weighted by Gasteiger charge is -2.11. The molecule has 0 atom stereocenters. The molecule has 0 spiro atoms. The number of nitrogens with one attached hydrogen (secondary N) is 1. The molecule has 0 radical (unpaired) electrons. The summed E-state index contributed by atoms with van der Waals surface area (Å²) in [4.78, 5) is 12.3. The van der Waals surface area contributed by atoms with E-state index in [0.29, 0.717) is 11.5 Å². The predicted octanol–water partition coefficient (Wildman–Crippen LogP) is 4.35. The molecule has 0 aliphatic heterocycles. The van der Waals surface area contributed by atoms with Crippen LogP contribution >= 0.6 is 0 Å². The Hall–Kier alpha value is -3.16. The lowest BCUT2D eigenvalue weighted by atomic mass is 10.3. The number of anilines is 2. The second kappa shape index (κ2) is 5.44. The number of pyridine rings is 1. The smallest absolute Gasteiger partial charge is 0.337 e. The van der Waals surface area contributed by atoms with Crippen molar-refractivity contribution in [3.63, 3.8) is 0 Å². The molecule has 3 heterocycles. The minimum atomic E-state index is -4.46. The Balaban J connectivity index is 1.81. The lowest BCUT2D eigenvalue weighted by molar-refractivity contribution is -0.141. The van der Waals surface area contributed by atoms with E-state index in [1.807, 2.05) is 35.6 Å². The number of halogens is 3. The molecule has 0 amide bonds. The number of hydrogen-bond acceptors (Lipinski definition) is 4. The molecule has 3 aromatic heterocycles. The third-order valence-electron chi connectivity index (χ3n) is 3.85. The van der Waals surface area contributed by atoms with Gasteiger partial charge in [0, 0.05) is 0 Å². The zero-order valence-corrected chi connectivity index (χ0v) is 13.0. The zero-order valence-electron chi connectivity index (χ0n) is 13.0. The Bertz CT molecular complexity index is 1070. The number of fused-ring (bicyclic) bond motifs is 3. The van der Waals surface area contributed by atoms with Crippen LogP contribution in [0, 0.1) is 6.92 Å². The summed E-state index contributed by atoms with van der Waals surface area (Å²) in [5.74, 6) is 1.29. The van der Waals surface area contributed by atoms with Gasteiger partial charge in [-0.15, -0.1) is 0 Å². The number of imidazole rings is 1. The van der Waals surface area contributed by atoms with Gasteiger partial charge in [-0.2, -0.15) is 13.2 Å². The monoisotopic (exact) mass is 343 g/mol. The van der Waals surface area contributed by atoms with E-state index in [1.54, 1.807) is 6.20 Å². The van der Waals surface area contributed by atoms with E-state index in [4.69, 9.17) is 0 Å². The van der Waals surface area contributed by atoms with Gasteiger partial charge in [-0.25, -0.2) is 15.0 Å². The van der Waals surface area contributed by atoms with Crippen LogP contribution in [-0.4, -0.2) is 19.4 Å². The van der Waals surface area contributed by atoms with Gasteiger partial charge < -0.3 is 5.32 Å². The summed E-state index contributed by atoms with van der Waals surface area (Å²) in [6, 6.07) is 9.85. The maximum absolute atomic E-state index is 12.6. The van der Waals surface area contributed by atoms with Crippen molar-refractivity contribution in [3.8, 4) is 0 Å². The van der Waals surface area contributed by atoms with Gasteiger partial charge in [0.2, 0.25) is 0 Å². The summed E-state index contributed by atoms with van der Waals surface area (Å²) in [6.45, 7) is 1.88. The molecule has 0 aliphatic rings. The molecule has 0 aliphatic carbocycles. The van der Waals surface area contributed by atoms with E-state index in [9.17, 15) is 13.2 Å². The maximum Gasteiger partial charge on any atom is 0.433 e. The van der Waals surface area contributed by atoms with Crippen LogP contribution in [0.1, 0.15) is 11.5 Å². The van der Waals surface area contributed by atoms with Gasteiger partial charge in [0.25, 0.3) is 0 Å². The average molecular weight is 343 g/mol. The van der Waals surface area contributed by atoms with Crippen molar-refractivity contribution in [1.82, 2.24) is 19.4 Å². The fourth-order valence-electron chi connectivity index (χ4n) is 2.71. The lowest BCUT2D eigenvalue weighted by Crippen LogP contribution is -2.08. The van der Waals surface area contributed by atoms with Gasteiger partial charge in [-0.1, -0.05) is 12.1 Å². The van der Waals surface area contributed by atoms with Crippen molar-refractivity contribution in [2.24, 2.45) is 0 Å². The molecule has 1 aromatic carbocycles. The van der Waals surface area contributed by atoms with E-state index >= 15 is 0 Å². The summed E-state index contributed by atoms with van der Waals surface area (Å²) < 4.78 is 39.8. The minimum Gasteiger partial charge on any atom is -0.337 e. The SMILES string of the molecule is Cc1ncc2c(Nc3ccc(C(F)(F)F)nc3)nc3ccccc3n12. The van der Waals surface area contributed by atoms with Crippen LogP contribution in [-0.2, 0) is 6.18 Å². The maximum atomic E-state index is 12.6. The van der Waals surface area contributed by atoms with Crippen molar-refractivity contribution in [3.05, 3.63) is 60.3 Å². The first-order valence-corrected chi connectivity index (χ1v) is 7.46. The van der Waals surface area contributed by atoms with E-state index in [-0.39, 0.29) is 0 Å². The minimum absolute atomic E-state index is 0.413. The molecule has 0 saturated heterocycles. The van der Waals surface area contributed by atoms with Crippen molar-refractivity contribution in [2.45, 2.75) is 13.1 Å². The quantitative estimate of drug-likeness (QED) is 0.588. The van der Waals surface area contributed by atoms with Crippen LogP contribution in [0.2, 0.25) is 0 Å². The fraction of sp³-hybridized carbons (Fsp3) is 0.118. The van der Waals surface area contributed by atoms with Crippen LogP contribution in [0.25, 0.3) is 16.6 Å². The molecule has 4 rings (SSSR count). The molecule has 8 heteroatoms. The highest BCUT2D eigenvalue weighted by atomic mass is 19.4. The van der Waals surface area contributed by atoms with Crippen LogP contribution < -0.4 is 5.32 Å². The first-order valence-electron chi connectivity index (χ1n) is 7.46. The average Bonchev–Trinajstić information content (AvgIpc) is 2.97. The van der Waals surface area contributed by atoms with Crippen LogP contribution in [0.5, 0.6) is 0 Å². The topological polar surface area (TPSA) is 55.1 Å².